The van der Waals surface area contributed by atoms with E-state index in [-0.39, 0.29) is 17.5 Å². The molecule has 1 N–H and O–H groups in total. The van der Waals surface area contributed by atoms with Crippen LogP contribution in [-0.4, -0.2) is 25.5 Å². The lowest BCUT2D eigenvalue weighted by atomic mass is 10.2. The highest BCUT2D eigenvalue weighted by Gasteiger charge is 2.14. The van der Waals surface area contributed by atoms with Gasteiger partial charge in [-0.05, 0) is 25.1 Å². The number of hydrogen-bond donors (Lipinski definition) is 1. The number of hydrogen-bond acceptors (Lipinski definition) is 4. The van der Waals surface area contributed by atoms with Crippen LogP contribution in [0.3, 0.4) is 0 Å². The second-order valence-electron chi connectivity index (χ2n) is 4.70. The summed E-state index contributed by atoms with van der Waals surface area (Å²) in [6.07, 6.45) is 0. The smallest absolute Gasteiger partial charge is 0.222 e. The van der Waals surface area contributed by atoms with Gasteiger partial charge in [-0.3, -0.25) is 4.79 Å². The van der Waals surface area contributed by atoms with E-state index in [4.69, 9.17) is 0 Å². The summed E-state index contributed by atoms with van der Waals surface area (Å²) in [7, 11) is 0. The number of rotatable bonds is 2. The van der Waals surface area contributed by atoms with Gasteiger partial charge in [0, 0.05) is 18.6 Å². The number of aryl methyl sites for hydroxylation is 1. The second kappa shape index (κ2) is 5.14. The fraction of sp³-hybridized carbons (Fsp3) is 0.143. The molecule has 8 heteroatoms. The Morgan fingerprint density at radius 2 is 1.95 bits per heavy atom. The van der Waals surface area contributed by atoms with Crippen molar-refractivity contribution >= 4 is 17.4 Å². The molecule has 0 radical (unpaired) electrons. The average Bonchev–Trinajstić information content (AvgIpc) is 2.80. The van der Waals surface area contributed by atoms with E-state index in [1.165, 1.54) is 17.5 Å². The lowest BCUT2D eigenvalue weighted by molar-refractivity contribution is -0.114. The predicted octanol–water partition coefficient (Wildman–Crippen LogP) is 2.34. The van der Waals surface area contributed by atoms with Crippen LogP contribution in [0, 0.1) is 18.6 Å². The van der Waals surface area contributed by atoms with E-state index in [2.05, 4.69) is 20.4 Å². The van der Waals surface area contributed by atoms with E-state index >= 15 is 0 Å². The van der Waals surface area contributed by atoms with Crippen LogP contribution in [0.15, 0.2) is 24.3 Å². The molecule has 1 amide bonds. The fourth-order valence-corrected chi connectivity index (χ4v) is 2.06. The first-order valence-electron chi connectivity index (χ1n) is 6.41. The Balaban J connectivity index is 2.25. The topological polar surface area (TPSA) is 72.2 Å². The highest BCUT2D eigenvalue weighted by Crippen LogP contribution is 2.22. The van der Waals surface area contributed by atoms with Crippen molar-refractivity contribution in [2.75, 3.05) is 5.32 Å². The number of carbonyl (C=O) groups is 1. The maximum absolute atomic E-state index is 13.5. The molecule has 22 heavy (non-hydrogen) atoms. The molecule has 0 unspecified atom stereocenters. The first kappa shape index (κ1) is 14.1. The minimum atomic E-state index is -0.991. The Morgan fingerprint density at radius 1 is 1.18 bits per heavy atom. The number of halogens is 2. The van der Waals surface area contributed by atoms with Crippen molar-refractivity contribution in [3.63, 3.8) is 0 Å². The molecule has 0 bridgehead atoms. The van der Waals surface area contributed by atoms with E-state index in [9.17, 15) is 13.6 Å². The fourth-order valence-electron chi connectivity index (χ4n) is 2.06. The van der Waals surface area contributed by atoms with Gasteiger partial charge < -0.3 is 5.32 Å². The number of carbonyl (C=O) groups excluding carboxylic acids is 1. The van der Waals surface area contributed by atoms with Gasteiger partial charge in [-0.15, -0.1) is 5.10 Å². The van der Waals surface area contributed by atoms with Gasteiger partial charge in [0.1, 0.15) is 11.6 Å². The van der Waals surface area contributed by atoms with E-state index in [1.54, 1.807) is 13.0 Å². The normalized spacial score (nSPS) is 10.9. The molecule has 1 aromatic carbocycles. The Morgan fingerprint density at radius 3 is 2.64 bits per heavy atom. The van der Waals surface area contributed by atoms with E-state index in [1.807, 2.05) is 0 Å². The van der Waals surface area contributed by atoms with Gasteiger partial charge in [-0.2, -0.15) is 4.52 Å². The van der Waals surface area contributed by atoms with E-state index in [0.29, 0.717) is 17.0 Å². The summed E-state index contributed by atoms with van der Waals surface area (Å²) in [6, 6.07) is 4.96. The summed E-state index contributed by atoms with van der Waals surface area (Å²) in [6.45, 7) is 3.04. The molecule has 0 atom stereocenters. The van der Waals surface area contributed by atoms with Gasteiger partial charge >= 0.3 is 0 Å². The molecule has 6 nitrogen and oxygen atoms in total. The monoisotopic (exact) mass is 303 g/mol. The van der Waals surface area contributed by atoms with Crippen molar-refractivity contribution in [1.82, 2.24) is 19.6 Å². The molecular weight excluding hydrogens is 292 g/mol. The average molecular weight is 303 g/mol. The molecule has 0 spiro atoms. The minimum absolute atomic E-state index is 0.251. The van der Waals surface area contributed by atoms with Crippen LogP contribution in [0.25, 0.3) is 17.0 Å². The number of anilines is 1. The Kier molecular flexibility index (Phi) is 3.28. The SMILES string of the molecule is CC(=O)Nc1cc2nc(C)nn2c(-c2ccc(F)c(F)c2)n1. The third kappa shape index (κ3) is 2.50. The zero-order valence-corrected chi connectivity index (χ0v) is 11.8. The molecule has 2 heterocycles. The van der Waals surface area contributed by atoms with Gasteiger partial charge in [0.2, 0.25) is 5.91 Å². The van der Waals surface area contributed by atoms with E-state index < -0.39 is 11.6 Å². The third-order valence-corrected chi connectivity index (χ3v) is 2.91. The summed E-state index contributed by atoms with van der Waals surface area (Å²) in [5.41, 5.74) is 0.761. The van der Waals surface area contributed by atoms with Crippen molar-refractivity contribution in [3.05, 3.63) is 41.7 Å². The van der Waals surface area contributed by atoms with Crippen LogP contribution in [0.4, 0.5) is 14.6 Å². The van der Waals surface area contributed by atoms with Crippen molar-refractivity contribution in [2.45, 2.75) is 13.8 Å². The number of amides is 1. The summed E-state index contributed by atoms with van der Waals surface area (Å²) in [5, 5.41) is 6.72. The van der Waals surface area contributed by atoms with Crippen molar-refractivity contribution in [1.29, 1.82) is 0 Å². The van der Waals surface area contributed by atoms with Gasteiger partial charge in [0.05, 0.1) is 0 Å². The first-order valence-corrected chi connectivity index (χ1v) is 6.41. The van der Waals surface area contributed by atoms with Gasteiger partial charge in [-0.25, -0.2) is 18.7 Å². The van der Waals surface area contributed by atoms with Crippen LogP contribution < -0.4 is 5.32 Å². The number of aromatic nitrogens is 4. The zero-order chi connectivity index (χ0) is 15.9. The Hall–Kier alpha value is -2.90. The van der Waals surface area contributed by atoms with E-state index in [0.717, 1.165) is 12.1 Å². The predicted molar refractivity (Wildman–Crippen MR) is 75.2 cm³/mol. The Bertz CT molecular complexity index is 890. The number of fused-ring (bicyclic) bond motifs is 1. The molecule has 0 saturated heterocycles. The lowest BCUT2D eigenvalue weighted by Gasteiger charge is -2.07. The van der Waals surface area contributed by atoms with Crippen molar-refractivity contribution < 1.29 is 13.6 Å². The molecule has 3 rings (SSSR count). The van der Waals surface area contributed by atoms with Crippen LogP contribution in [0.1, 0.15) is 12.7 Å². The van der Waals surface area contributed by atoms with Crippen LogP contribution in [0.2, 0.25) is 0 Å². The van der Waals surface area contributed by atoms with Crippen molar-refractivity contribution in [2.24, 2.45) is 0 Å². The molecule has 0 aliphatic heterocycles. The van der Waals surface area contributed by atoms with Crippen LogP contribution in [0.5, 0.6) is 0 Å². The molecule has 0 fully saturated rings. The third-order valence-electron chi connectivity index (χ3n) is 2.91. The second-order valence-corrected chi connectivity index (χ2v) is 4.70. The molecule has 3 aromatic rings. The maximum atomic E-state index is 13.5. The molecule has 0 aliphatic carbocycles. The molecule has 0 saturated carbocycles. The highest BCUT2D eigenvalue weighted by atomic mass is 19.2. The van der Waals surface area contributed by atoms with Crippen molar-refractivity contribution in [3.8, 4) is 11.4 Å². The minimum Gasteiger partial charge on any atom is -0.311 e. The number of benzene rings is 1. The zero-order valence-electron chi connectivity index (χ0n) is 11.8. The lowest BCUT2D eigenvalue weighted by Crippen LogP contribution is -2.10. The number of nitrogens with one attached hydrogen (secondary N) is 1. The Labute approximate surface area is 123 Å². The summed E-state index contributed by atoms with van der Waals surface area (Å²) < 4.78 is 28.0. The summed E-state index contributed by atoms with van der Waals surface area (Å²) >= 11 is 0. The number of nitrogens with zero attached hydrogens (tertiary/aromatic N) is 4. The molecule has 2 aromatic heterocycles. The standard InChI is InChI=1S/C14H11F2N5O/c1-7-17-13-6-12(18-8(2)22)19-14(21(13)20-7)9-3-4-10(15)11(16)5-9/h3-6H,1-2H3,(H,18,22). The van der Waals surface area contributed by atoms with Gasteiger partial charge in [0.25, 0.3) is 0 Å². The van der Waals surface area contributed by atoms with Gasteiger partial charge in [-0.1, -0.05) is 0 Å². The quantitative estimate of drug-likeness (QED) is 0.788. The summed E-state index contributed by atoms with van der Waals surface area (Å²) in [5.74, 6) is -1.25. The summed E-state index contributed by atoms with van der Waals surface area (Å²) in [4.78, 5) is 19.6. The van der Waals surface area contributed by atoms with Gasteiger partial charge in [0.15, 0.2) is 23.1 Å². The molecule has 0 aliphatic rings. The largest absolute Gasteiger partial charge is 0.311 e. The molecular formula is C14H11F2N5O. The first-order chi connectivity index (χ1) is 10.4. The molecule has 112 valence electrons. The maximum Gasteiger partial charge on any atom is 0.222 e. The highest BCUT2D eigenvalue weighted by molar-refractivity contribution is 5.88. The van der Waals surface area contributed by atoms with Crippen LogP contribution in [-0.2, 0) is 4.79 Å². The van der Waals surface area contributed by atoms with Crippen LogP contribution >= 0.6 is 0 Å².